The quantitative estimate of drug-likeness (QED) is 0.447. The number of carbonyl (C=O) groups is 2. The van der Waals surface area contributed by atoms with Crippen LogP contribution >= 0.6 is 23.1 Å². The van der Waals surface area contributed by atoms with Crippen molar-refractivity contribution in [3.8, 4) is 5.69 Å². The zero-order valence-corrected chi connectivity index (χ0v) is 18.8. The van der Waals surface area contributed by atoms with E-state index in [1.807, 2.05) is 36.6 Å². The number of morpholine rings is 1. The first-order valence-electron chi connectivity index (χ1n) is 9.66. The number of hydrogen-bond donors (Lipinski definition) is 2. The summed E-state index contributed by atoms with van der Waals surface area (Å²) in [6, 6.07) is 9.47. The van der Waals surface area contributed by atoms with E-state index in [2.05, 4.69) is 25.7 Å². The fourth-order valence-electron chi connectivity index (χ4n) is 3.18. The number of nitrogens with zero attached hydrogens (tertiary/aromatic N) is 4. The molecule has 0 bridgehead atoms. The third-order valence-corrected chi connectivity index (χ3v) is 6.59. The van der Waals surface area contributed by atoms with Gasteiger partial charge in [0.15, 0.2) is 10.3 Å². The van der Waals surface area contributed by atoms with Gasteiger partial charge in [0.1, 0.15) is 10.6 Å². The summed E-state index contributed by atoms with van der Waals surface area (Å²) in [5.41, 5.74) is 6.76. The molecule has 1 fully saturated rings. The Morgan fingerprint density at radius 3 is 2.55 bits per heavy atom. The van der Waals surface area contributed by atoms with Crippen LogP contribution in [0.15, 0.2) is 41.7 Å². The molecule has 3 aromatic rings. The molecular formula is C20H22N6O3S2. The number of ether oxygens (including phenoxy) is 1. The molecule has 0 saturated carbocycles. The lowest BCUT2D eigenvalue weighted by atomic mass is 10.3. The Morgan fingerprint density at radius 1 is 1.13 bits per heavy atom. The number of carbonyl (C=O) groups excluding carboxylic acids is 2. The van der Waals surface area contributed by atoms with Crippen molar-refractivity contribution in [2.75, 3.05) is 37.5 Å². The predicted molar refractivity (Wildman–Crippen MR) is 120 cm³/mol. The molecule has 0 spiro atoms. The van der Waals surface area contributed by atoms with Crippen LogP contribution in [-0.2, 0) is 4.74 Å². The lowest BCUT2D eigenvalue weighted by molar-refractivity contribution is 0.0844. The van der Waals surface area contributed by atoms with Gasteiger partial charge in [0, 0.05) is 18.8 Å². The van der Waals surface area contributed by atoms with E-state index in [1.54, 1.807) is 11.5 Å². The average molecular weight is 459 g/mol. The number of amides is 2. The summed E-state index contributed by atoms with van der Waals surface area (Å²) in [5, 5.41) is 1.46. The van der Waals surface area contributed by atoms with Crippen molar-refractivity contribution in [3.05, 3.63) is 52.8 Å². The van der Waals surface area contributed by atoms with Gasteiger partial charge in [-0.2, -0.15) is 0 Å². The zero-order chi connectivity index (χ0) is 21.8. The van der Waals surface area contributed by atoms with Crippen LogP contribution in [0, 0.1) is 6.92 Å². The lowest BCUT2D eigenvalue weighted by Crippen LogP contribution is -2.42. The number of anilines is 1. The van der Waals surface area contributed by atoms with Gasteiger partial charge in [0.05, 0.1) is 25.1 Å². The Kier molecular flexibility index (Phi) is 6.54. The number of nitrogens with one attached hydrogen (secondary N) is 2. The van der Waals surface area contributed by atoms with Crippen LogP contribution in [-0.4, -0.2) is 58.9 Å². The third-order valence-electron chi connectivity index (χ3n) is 4.72. The maximum Gasteiger partial charge on any atom is 0.288 e. The number of thioether (sulfide) groups is 1. The maximum atomic E-state index is 12.8. The van der Waals surface area contributed by atoms with Gasteiger partial charge in [-0.05, 0) is 25.3 Å². The van der Waals surface area contributed by atoms with Crippen molar-refractivity contribution in [2.45, 2.75) is 12.1 Å². The first-order chi connectivity index (χ1) is 15.1. The van der Waals surface area contributed by atoms with Crippen LogP contribution in [0.4, 0.5) is 5.13 Å². The van der Waals surface area contributed by atoms with E-state index in [-0.39, 0.29) is 0 Å². The highest BCUT2D eigenvalue weighted by Gasteiger charge is 2.22. The molecule has 162 valence electrons. The molecule has 1 aromatic carbocycles. The monoisotopic (exact) mass is 458 g/mol. The summed E-state index contributed by atoms with van der Waals surface area (Å²) < 4.78 is 7.11. The second kappa shape index (κ2) is 9.50. The summed E-state index contributed by atoms with van der Waals surface area (Å²) >= 11 is 2.74. The topological polar surface area (TPSA) is 101 Å². The smallest absolute Gasteiger partial charge is 0.288 e. The van der Waals surface area contributed by atoms with Crippen LogP contribution in [0.25, 0.3) is 5.69 Å². The van der Waals surface area contributed by atoms with Gasteiger partial charge in [-0.3, -0.25) is 25.0 Å². The zero-order valence-electron chi connectivity index (χ0n) is 17.1. The number of benzene rings is 1. The van der Waals surface area contributed by atoms with E-state index in [9.17, 15) is 9.59 Å². The Labute approximate surface area is 187 Å². The highest BCUT2D eigenvalue weighted by Crippen LogP contribution is 2.26. The van der Waals surface area contributed by atoms with Gasteiger partial charge in [-0.25, -0.2) is 9.97 Å². The Hall–Kier alpha value is -2.89. The van der Waals surface area contributed by atoms with Gasteiger partial charge in [-0.1, -0.05) is 41.3 Å². The van der Waals surface area contributed by atoms with E-state index < -0.39 is 11.8 Å². The van der Waals surface area contributed by atoms with Crippen LogP contribution < -0.4 is 15.8 Å². The van der Waals surface area contributed by atoms with Crippen molar-refractivity contribution >= 4 is 40.0 Å². The predicted octanol–water partition coefficient (Wildman–Crippen LogP) is 2.27. The molecule has 11 heteroatoms. The average Bonchev–Trinajstić information content (AvgIpc) is 3.42. The molecule has 0 unspecified atom stereocenters. The van der Waals surface area contributed by atoms with Crippen LogP contribution in [0.1, 0.15) is 25.9 Å². The molecule has 31 heavy (non-hydrogen) atoms. The number of para-hydroxylation sites is 1. The van der Waals surface area contributed by atoms with Crippen LogP contribution in [0.5, 0.6) is 0 Å². The second-order valence-corrected chi connectivity index (χ2v) is 8.47. The van der Waals surface area contributed by atoms with Crippen LogP contribution in [0.3, 0.4) is 0 Å². The molecular weight excluding hydrogens is 436 g/mol. The van der Waals surface area contributed by atoms with Crippen molar-refractivity contribution < 1.29 is 14.3 Å². The number of hydrazine groups is 1. The minimum atomic E-state index is -0.458. The molecule has 0 radical (unpaired) electrons. The van der Waals surface area contributed by atoms with Crippen LogP contribution in [0.2, 0.25) is 0 Å². The highest BCUT2D eigenvalue weighted by atomic mass is 32.2. The van der Waals surface area contributed by atoms with E-state index in [1.165, 1.54) is 29.3 Å². The third kappa shape index (κ3) is 4.58. The summed E-state index contributed by atoms with van der Waals surface area (Å²) in [7, 11) is 0. The summed E-state index contributed by atoms with van der Waals surface area (Å²) in [4.78, 5) is 36.9. The minimum absolute atomic E-state index is 0.325. The Balaban J connectivity index is 1.47. The Bertz CT molecular complexity index is 1080. The first-order valence-corrected chi connectivity index (χ1v) is 11.7. The SMILES string of the molecule is CSc1ncc(C(=O)NNC(=O)c2sc(N3CCOCC3)nc2C)n1-c1ccccc1. The van der Waals surface area contributed by atoms with E-state index in [4.69, 9.17) is 4.74 Å². The van der Waals surface area contributed by atoms with Gasteiger partial charge >= 0.3 is 0 Å². The minimum Gasteiger partial charge on any atom is -0.378 e. The largest absolute Gasteiger partial charge is 0.378 e. The molecule has 3 heterocycles. The van der Waals surface area contributed by atoms with E-state index in [0.717, 1.165) is 23.9 Å². The van der Waals surface area contributed by atoms with Gasteiger partial charge < -0.3 is 9.64 Å². The number of aromatic nitrogens is 3. The molecule has 2 N–H and O–H groups in total. The Morgan fingerprint density at radius 2 is 1.84 bits per heavy atom. The molecule has 4 rings (SSSR count). The van der Waals surface area contributed by atoms with Gasteiger partial charge in [-0.15, -0.1) is 0 Å². The van der Waals surface area contributed by atoms with E-state index >= 15 is 0 Å². The molecule has 1 aliphatic rings. The highest BCUT2D eigenvalue weighted by molar-refractivity contribution is 7.98. The second-order valence-electron chi connectivity index (χ2n) is 6.72. The number of thiazole rings is 1. The van der Waals surface area contributed by atoms with Crippen molar-refractivity contribution in [3.63, 3.8) is 0 Å². The number of aryl methyl sites for hydroxylation is 1. The van der Waals surface area contributed by atoms with Gasteiger partial charge in [0.2, 0.25) is 0 Å². The molecule has 0 atom stereocenters. The summed E-state index contributed by atoms with van der Waals surface area (Å²) in [6.07, 6.45) is 3.39. The molecule has 9 nitrogen and oxygen atoms in total. The van der Waals surface area contributed by atoms with Crippen molar-refractivity contribution in [2.24, 2.45) is 0 Å². The maximum absolute atomic E-state index is 12.8. The molecule has 2 aromatic heterocycles. The lowest BCUT2D eigenvalue weighted by Gasteiger charge is -2.25. The number of imidazole rings is 1. The van der Waals surface area contributed by atoms with E-state index in [0.29, 0.717) is 34.6 Å². The molecule has 1 aliphatic heterocycles. The standard InChI is InChI=1S/C20H22N6O3S2/c1-13-16(31-20(22-13)25-8-10-29-11-9-25)18(28)24-23-17(27)15-12-21-19(30-2)26(15)14-6-4-3-5-7-14/h3-7,12H,8-11H2,1-2H3,(H,23,27)(H,24,28). The van der Waals surface area contributed by atoms with Gasteiger partial charge in [0.25, 0.3) is 11.8 Å². The molecule has 0 aliphatic carbocycles. The fourth-order valence-corrected chi connectivity index (χ4v) is 4.74. The van der Waals surface area contributed by atoms with Crippen molar-refractivity contribution in [1.29, 1.82) is 0 Å². The number of hydrogen-bond acceptors (Lipinski definition) is 8. The molecule has 2 amide bonds. The number of rotatable bonds is 5. The fraction of sp³-hybridized carbons (Fsp3) is 0.300. The normalized spacial score (nSPS) is 13.8. The summed E-state index contributed by atoms with van der Waals surface area (Å²) in [6.45, 7) is 4.55. The van der Waals surface area contributed by atoms with Crippen molar-refractivity contribution in [1.82, 2.24) is 25.4 Å². The summed E-state index contributed by atoms with van der Waals surface area (Å²) in [5.74, 6) is -0.862. The molecule has 1 saturated heterocycles. The first kappa shape index (κ1) is 21.3.